The molecule has 0 unspecified atom stereocenters. The molecule has 0 radical (unpaired) electrons. The van der Waals surface area contributed by atoms with Gasteiger partial charge in [0, 0.05) is 45.8 Å². The summed E-state index contributed by atoms with van der Waals surface area (Å²) in [6.45, 7) is 2.47. The number of aliphatic imine (C=N–C) groups is 1. The van der Waals surface area contributed by atoms with Crippen molar-refractivity contribution < 1.29 is 13.6 Å². The zero-order valence-electron chi connectivity index (χ0n) is 19.1. The lowest BCUT2D eigenvalue weighted by Crippen LogP contribution is -2.51. The lowest BCUT2D eigenvalue weighted by molar-refractivity contribution is -0.127. The summed E-state index contributed by atoms with van der Waals surface area (Å²) < 4.78 is 26.6. The summed E-state index contributed by atoms with van der Waals surface area (Å²) in [5, 5.41) is 7.07. The number of nitrogens with one attached hydrogen (secondary N) is 2. The standard InChI is InChI=1S/C23H35F2N5O.HI/c1-29(2)22(31)15-26-23(27-18-6-4-3-5-7-18)28-19-10-12-30(13-11-19)16-17-8-9-20(24)21(25)14-17;/h8-9,14,18-19H,3-7,10-13,15-16H2,1-2H3,(H2,26,27,28);1H. The molecule has 1 aromatic rings. The van der Waals surface area contributed by atoms with Crippen molar-refractivity contribution in [2.75, 3.05) is 33.7 Å². The van der Waals surface area contributed by atoms with Crippen molar-refractivity contribution in [1.29, 1.82) is 0 Å². The molecule has 0 atom stereocenters. The topological polar surface area (TPSA) is 60.0 Å². The normalized spacial score (nSPS) is 18.7. The molecule has 2 aliphatic rings. The SMILES string of the molecule is CN(C)C(=O)CN=C(NC1CCCCC1)NC1CCN(Cc2ccc(F)c(F)c2)CC1.I. The summed E-state index contributed by atoms with van der Waals surface area (Å²) in [5.74, 6) is -0.903. The highest BCUT2D eigenvalue weighted by molar-refractivity contribution is 14.0. The minimum absolute atomic E-state index is 0. The van der Waals surface area contributed by atoms with E-state index in [0.717, 1.165) is 50.3 Å². The van der Waals surface area contributed by atoms with Crippen LogP contribution in [0.3, 0.4) is 0 Å². The number of nitrogens with zero attached hydrogens (tertiary/aromatic N) is 3. The molecule has 180 valence electrons. The van der Waals surface area contributed by atoms with Gasteiger partial charge in [-0.15, -0.1) is 24.0 Å². The Labute approximate surface area is 207 Å². The van der Waals surface area contributed by atoms with E-state index in [0.29, 0.717) is 12.6 Å². The number of carbonyl (C=O) groups is 1. The fraction of sp³-hybridized carbons (Fsp3) is 0.652. The van der Waals surface area contributed by atoms with Crippen LogP contribution in [0.1, 0.15) is 50.5 Å². The molecule has 1 saturated heterocycles. The quantitative estimate of drug-likeness (QED) is 0.316. The van der Waals surface area contributed by atoms with Crippen LogP contribution in [0.25, 0.3) is 0 Å². The molecule has 0 spiro atoms. The van der Waals surface area contributed by atoms with Crippen LogP contribution in [-0.2, 0) is 11.3 Å². The molecule has 1 aliphatic carbocycles. The van der Waals surface area contributed by atoms with Crippen molar-refractivity contribution in [2.45, 2.75) is 63.6 Å². The maximum atomic E-state index is 13.5. The van der Waals surface area contributed by atoms with E-state index < -0.39 is 11.6 Å². The van der Waals surface area contributed by atoms with Gasteiger partial charge in [-0.05, 0) is 43.4 Å². The van der Waals surface area contributed by atoms with Gasteiger partial charge >= 0.3 is 0 Å². The van der Waals surface area contributed by atoms with Crippen molar-refractivity contribution in [1.82, 2.24) is 20.4 Å². The van der Waals surface area contributed by atoms with E-state index in [1.807, 2.05) is 0 Å². The van der Waals surface area contributed by atoms with E-state index in [2.05, 4.69) is 20.5 Å². The van der Waals surface area contributed by atoms with E-state index in [1.54, 1.807) is 25.1 Å². The molecule has 1 heterocycles. The number of halogens is 3. The third-order valence-electron chi connectivity index (χ3n) is 6.14. The summed E-state index contributed by atoms with van der Waals surface area (Å²) in [6.07, 6.45) is 7.86. The number of benzene rings is 1. The molecular formula is C23H36F2IN5O. The van der Waals surface area contributed by atoms with E-state index >= 15 is 0 Å². The van der Waals surface area contributed by atoms with Crippen molar-refractivity contribution >= 4 is 35.8 Å². The van der Waals surface area contributed by atoms with Gasteiger partial charge in [-0.25, -0.2) is 13.8 Å². The van der Waals surface area contributed by atoms with Gasteiger partial charge in [0.25, 0.3) is 0 Å². The van der Waals surface area contributed by atoms with Crippen LogP contribution in [0.5, 0.6) is 0 Å². The second-order valence-corrected chi connectivity index (χ2v) is 8.88. The van der Waals surface area contributed by atoms with Gasteiger partial charge in [0.05, 0.1) is 0 Å². The first-order valence-electron chi connectivity index (χ1n) is 11.3. The average Bonchev–Trinajstić information content (AvgIpc) is 2.76. The molecule has 2 N–H and O–H groups in total. The molecule has 1 aromatic carbocycles. The van der Waals surface area contributed by atoms with Crippen LogP contribution in [0, 0.1) is 11.6 Å². The van der Waals surface area contributed by atoms with Crippen LogP contribution in [0.2, 0.25) is 0 Å². The highest BCUT2D eigenvalue weighted by Crippen LogP contribution is 2.18. The Balaban J connectivity index is 0.00000363. The Morgan fingerprint density at radius 1 is 1.03 bits per heavy atom. The maximum absolute atomic E-state index is 13.5. The van der Waals surface area contributed by atoms with Crippen LogP contribution in [0.4, 0.5) is 8.78 Å². The smallest absolute Gasteiger partial charge is 0.243 e. The molecule has 3 rings (SSSR count). The van der Waals surface area contributed by atoms with Crippen LogP contribution in [-0.4, -0.2) is 67.5 Å². The lowest BCUT2D eigenvalue weighted by atomic mass is 9.95. The first kappa shape index (κ1) is 26.8. The first-order valence-corrected chi connectivity index (χ1v) is 11.3. The van der Waals surface area contributed by atoms with E-state index in [-0.39, 0.29) is 42.5 Å². The minimum atomic E-state index is -0.809. The Morgan fingerprint density at radius 3 is 2.25 bits per heavy atom. The molecule has 0 aromatic heterocycles. The molecule has 1 saturated carbocycles. The molecule has 2 fully saturated rings. The zero-order chi connectivity index (χ0) is 22.2. The monoisotopic (exact) mass is 563 g/mol. The summed E-state index contributed by atoms with van der Waals surface area (Å²) in [4.78, 5) is 20.4. The zero-order valence-corrected chi connectivity index (χ0v) is 21.4. The molecule has 9 heteroatoms. The fourth-order valence-corrected chi connectivity index (χ4v) is 4.19. The number of hydrogen-bond acceptors (Lipinski definition) is 3. The fourth-order valence-electron chi connectivity index (χ4n) is 4.19. The average molecular weight is 563 g/mol. The van der Waals surface area contributed by atoms with Crippen LogP contribution in [0.15, 0.2) is 23.2 Å². The summed E-state index contributed by atoms with van der Waals surface area (Å²) in [7, 11) is 3.48. The number of hydrogen-bond donors (Lipinski definition) is 2. The van der Waals surface area contributed by atoms with Gasteiger partial charge in [-0.2, -0.15) is 0 Å². The lowest BCUT2D eigenvalue weighted by Gasteiger charge is -2.34. The van der Waals surface area contributed by atoms with Gasteiger partial charge in [-0.3, -0.25) is 9.69 Å². The van der Waals surface area contributed by atoms with Crippen molar-refractivity contribution in [3.8, 4) is 0 Å². The van der Waals surface area contributed by atoms with Gasteiger partial charge < -0.3 is 15.5 Å². The Morgan fingerprint density at radius 2 is 1.66 bits per heavy atom. The Kier molecular flexibility index (Phi) is 11.1. The predicted molar refractivity (Wildman–Crippen MR) is 134 cm³/mol. The van der Waals surface area contributed by atoms with Crippen molar-refractivity contribution in [3.05, 3.63) is 35.4 Å². The number of amides is 1. The minimum Gasteiger partial charge on any atom is -0.354 e. The molecule has 0 bridgehead atoms. The second-order valence-electron chi connectivity index (χ2n) is 8.88. The van der Waals surface area contributed by atoms with Gasteiger partial charge in [0.15, 0.2) is 17.6 Å². The van der Waals surface area contributed by atoms with Crippen LogP contribution >= 0.6 is 24.0 Å². The van der Waals surface area contributed by atoms with Gasteiger partial charge in [-0.1, -0.05) is 25.3 Å². The van der Waals surface area contributed by atoms with Gasteiger partial charge in [0.2, 0.25) is 5.91 Å². The Hall–Kier alpha value is -1.49. The summed E-state index contributed by atoms with van der Waals surface area (Å²) in [6, 6.07) is 4.78. The molecular weight excluding hydrogens is 527 g/mol. The molecule has 32 heavy (non-hydrogen) atoms. The van der Waals surface area contributed by atoms with Gasteiger partial charge in [0.1, 0.15) is 6.54 Å². The molecule has 1 aliphatic heterocycles. The van der Waals surface area contributed by atoms with Crippen LogP contribution < -0.4 is 10.6 Å². The largest absolute Gasteiger partial charge is 0.354 e. The molecule has 1 amide bonds. The predicted octanol–water partition coefficient (Wildman–Crippen LogP) is 3.50. The third kappa shape index (κ3) is 8.46. The van der Waals surface area contributed by atoms with E-state index in [9.17, 15) is 13.6 Å². The highest BCUT2D eigenvalue weighted by Gasteiger charge is 2.22. The molecule has 6 nitrogen and oxygen atoms in total. The number of piperidine rings is 1. The van der Waals surface area contributed by atoms with Crippen molar-refractivity contribution in [2.24, 2.45) is 4.99 Å². The Bertz CT molecular complexity index is 763. The van der Waals surface area contributed by atoms with E-state index in [4.69, 9.17) is 0 Å². The first-order chi connectivity index (χ1) is 14.9. The second kappa shape index (κ2) is 13.3. The number of guanidine groups is 1. The summed E-state index contributed by atoms with van der Waals surface area (Å²) >= 11 is 0. The van der Waals surface area contributed by atoms with Crippen molar-refractivity contribution in [3.63, 3.8) is 0 Å². The number of rotatable bonds is 6. The number of likely N-dealkylation sites (tertiary alicyclic amines) is 1. The number of likely N-dealkylation sites (N-methyl/N-ethyl adjacent to an activating group) is 1. The number of carbonyl (C=O) groups excluding carboxylic acids is 1. The third-order valence-corrected chi connectivity index (χ3v) is 6.14. The van der Waals surface area contributed by atoms with E-state index in [1.165, 1.54) is 31.4 Å². The maximum Gasteiger partial charge on any atom is 0.243 e. The summed E-state index contributed by atoms with van der Waals surface area (Å²) in [5.41, 5.74) is 0.786. The highest BCUT2D eigenvalue weighted by atomic mass is 127.